The van der Waals surface area contributed by atoms with E-state index in [1.54, 1.807) is 24.3 Å². The molecule has 0 spiro atoms. The maximum absolute atomic E-state index is 13.6. The van der Waals surface area contributed by atoms with Gasteiger partial charge in [-0.05, 0) is 80.2 Å². The SMILES string of the molecule is O=S(=O)(c1ccccc1)n1cc(CN(CCCCCNC2CCCCC2)Cc2ccncc2)c2ccccc21. The fraction of sp³-hybridized carbons (Fsp3) is 0.406. The monoisotopic (exact) mass is 544 g/mol. The first-order chi connectivity index (χ1) is 19.1. The van der Waals surface area contributed by atoms with Crippen LogP contribution in [-0.4, -0.2) is 41.4 Å². The van der Waals surface area contributed by atoms with Crippen molar-refractivity contribution in [1.82, 2.24) is 19.2 Å². The molecule has 2 aromatic carbocycles. The predicted octanol–water partition coefficient (Wildman–Crippen LogP) is 6.37. The second kappa shape index (κ2) is 13.4. The van der Waals surface area contributed by atoms with Gasteiger partial charge in [-0.15, -0.1) is 0 Å². The van der Waals surface area contributed by atoms with Gasteiger partial charge in [0.25, 0.3) is 10.0 Å². The van der Waals surface area contributed by atoms with Crippen LogP contribution in [0.5, 0.6) is 0 Å². The summed E-state index contributed by atoms with van der Waals surface area (Å²) in [5.41, 5.74) is 2.96. The van der Waals surface area contributed by atoms with Crippen LogP contribution in [0.2, 0.25) is 0 Å². The van der Waals surface area contributed by atoms with Gasteiger partial charge in [-0.25, -0.2) is 12.4 Å². The minimum Gasteiger partial charge on any atom is -0.314 e. The van der Waals surface area contributed by atoms with Gasteiger partial charge in [0.2, 0.25) is 0 Å². The summed E-state index contributed by atoms with van der Waals surface area (Å²) in [4.78, 5) is 6.91. The Kier molecular flexibility index (Phi) is 9.45. The smallest absolute Gasteiger partial charge is 0.268 e. The molecule has 2 aromatic heterocycles. The van der Waals surface area contributed by atoms with E-state index in [1.165, 1.54) is 54.5 Å². The summed E-state index contributed by atoms with van der Waals surface area (Å²) in [6, 6.07) is 21.3. The summed E-state index contributed by atoms with van der Waals surface area (Å²) in [7, 11) is -3.69. The minimum atomic E-state index is -3.69. The molecule has 0 aliphatic heterocycles. The van der Waals surface area contributed by atoms with Crippen LogP contribution in [0.1, 0.15) is 62.5 Å². The van der Waals surface area contributed by atoms with Gasteiger partial charge in [0.15, 0.2) is 0 Å². The number of unbranched alkanes of at least 4 members (excludes halogenated alkanes) is 2. The highest BCUT2D eigenvalue weighted by atomic mass is 32.2. The summed E-state index contributed by atoms with van der Waals surface area (Å²) in [5, 5.41) is 4.74. The molecule has 1 aliphatic rings. The van der Waals surface area contributed by atoms with Crippen molar-refractivity contribution in [2.45, 2.75) is 75.4 Å². The number of benzene rings is 2. The molecule has 0 radical (unpaired) electrons. The maximum Gasteiger partial charge on any atom is 0.268 e. The lowest BCUT2D eigenvalue weighted by molar-refractivity contribution is 0.250. The molecular weight excluding hydrogens is 504 g/mol. The fourth-order valence-corrected chi connectivity index (χ4v) is 7.11. The Balaban J connectivity index is 1.30. The Morgan fingerprint density at radius 3 is 2.38 bits per heavy atom. The van der Waals surface area contributed by atoms with Crippen LogP contribution in [0.25, 0.3) is 10.9 Å². The van der Waals surface area contributed by atoms with Crippen molar-refractivity contribution in [3.63, 3.8) is 0 Å². The van der Waals surface area contributed by atoms with Gasteiger partial charge in [-0.2, -0.15) is 0 Å². The number of fused-ring (bicyclic) bond motifs is 1. The maximum atomic E-state index is 13.6. The van der Waals surface area contributed by atoms with Gasteiger partial charge in [-0.1, -0.05) is 62.1 Å². The molecule has 206 valence electrons. The van der Waals surface area contributed by atoms with E-state index < -0.39 is 10.0 Å². The molecule has 0 bridgehead atoms. The Labute approximate surface area is 233 Å². The highest BCUT2D eigenvalue weighted by Gasteiger charge is 2.22. The summed E-state index contributed by atoms with van der Waals surface area (Å²) < 4.78 is 28.6. The average Bonchev–Trinajstić information content (AvgIpc) is 3.35. The Morgan fingerprint density at radius 1 is 0.846 bits per heavy atom. The van der Waals surface area contributed by atoms with Gasteiger partial charge in [0.05, 0.1) is 10.4 Å². The number of nitrogens with zero attached hydrogens (tertiary/aromatic N) is 3. The normalized spacial score (nSPS) is 14.8. The molecular formula is C32H40N4O2S. The van der Waals surface area contributed by atoms with Gasteiger partial charge >= 0.3 is 0 Å². The van der Waals surface area contributed by atoms with E-state index in [2.05, 4.69) is 27.3 Å². The van der Waals surface area contributed by atoms with Gasteiger partial charge in [0.1, 0.15) is 0 Å². The second-order valence-electron chi connectivity index (χ2n) is 10.7. The van der Waals surface area contributed by atoms with Crippen molar-refractivity contribution >= 4 is 20.9 Å². The minimum absolute atomic E-state index is 0.299. The fourth-order valence-electron chi connectivity index (χ4n) is 5.70. The number of aromatic nitrogens is 2. The first kappa shape index (κ1) is 27.6. The number of pyridine rings is 1. The predicted molar refractivity (Wildman–Crippen MR) is 158 cm³/mol. The van der Waals surface area contributed by atoms with Crippen LogP contribution in [0.15, 0.2) is 90.2 Å². The summed E-state index contributed by atoms with van der Waals surface area (Å²) in [6.45, 7) is 3.53. The number of hydrogen-bond acceptors (Lipinski definition) is 5. The third kappa shape index (κ3) is 7.15. The third-order valence-electron chi connectivity index (χ3n) is 7.80. The molecule has 0 amide bonds. The van der Waals surface area contributed by atoms with Crippen molar-refractivity contribution in [2.75, 3.05) is 13.1 Å². The first-order valence-electron chi connectivity index (χ1n) is 14.4. The second-order valence-corrected chi connectivity index (χ2v) is 12.5. The third-order valence-corrected chi connectivity index (χ3v) is 9.49. The summed E-state index contributed by atoms with van der Waals surface area (Å²) >= 11 is 0. The Bertz CT molecular complexity index is 1410. The largest absolute Gasteiger partial charge is 0.314 e. The zero-order valence-corrected chi connectivity index (χ0v) is 23.5. The standard InChI is InChI=1S/C32H40N4O2S/c37-39(38,30-14-6-2-7-15-30)36-26-28(31-16-8-9-17-32(31)36)25-35(24-27-18-21-33-22-19-27)23-11-3-10-20-34-29-12-4-1-5-13-29/h2,6-9,14-19,21-22,26,29,34H,1,3-5,10-13,20,23-25H2. The van der Waals surface area contributed by atoms with Crippen LogP contribution in [0.4, 0.5) is 0 Å². The number of rotatable bonds is 13. The van der Waals surface area contributed by atoms with Crippen molar-refractivity contribution in [3.05, 3.63) is 96.4 Å². The van der Waals surface area contributed by atoms with E-state index in [9.17, 15) is 8.42 Å². The van der Waals surface area contributed by atoms with E-state index in [4.69, 9.17) is 0 Å². The molecule has 6 nitrogen and oxygen atoms in total. The van der Waals surface area contributed by atoms with Gasteiger partial charge < -0.3 is 5.32 Å². The molecule has 0 saturated heterocycles. The highest BCUT2D eigenvalue weighted by molar-refractivity contribution is 7.90. The number of nitrogens with one attached hydrogen (secondary N) is 1. The lowest BCUT2D eigenvalue weighted by Gasteiger charge is -2.23. The molecule has 2 heterocycles. The van der Waals surface area contributed by atoms with Gasteiger partial charge in [-0.3, -0.25) is 9.88 Å². The molecule has 4 aromatic rings. The number of hydrogen-bond donors (Lipinski definition) is 1. The molecule has 1 aliphatic carbocycles. The number of para-hydroxylation sites is 1. The zero-order valence-electron chi connectivity index (χ0n) is 22.7. The molecule has 1 fully saturated rings. The Hall–Kier alpha value is -3.00. The lowest BCUT2D eigenvalue weighted by atomic mass is 9.95. The molecule has 1 saturated carbocycles. The zero-order chi connectivity index (χ0) is 26.9. The van der Waals surface area contributed by atoms with E-state index in [1.807, 2.05) is 48.9 Å². The van der Waals surface area contributed by atoms with Crippen LogP contribution in [-0.2, 0) is 23.1 Å². The quantitative estimate of drug-likeness (QED) is 0.198. The van der Waals surface area contributed by atoms with Gasteiger partial charge in [0, 0.05) is 43.1 Å². The van der Waals surface area contributed by atoms with Crippen LogP contribution >= 0.6 is 0 Å². The first-order valence-corrected chi connectivity index (χ1v) is 15.8. The topological polar surface area (TPSA) is 67.2 Å². The van der Waals surface area contributed by atoms with Crippen molar-refractivity contribution in [2.24, 2.45) is 0 Å². The van der Waals surface area contributed by atoms with Crippen molar-refractivity contribution in [3.8, 4) is 0 Å². The van der Waals surface area contributed by atoms with Crippen molar-refractivity contribution in [1.29, 1.82) is 0 Å². The molecule has 7 heteroatoms. The summed E-state index contributed by atoms with van der Waals surface area (Å²) in [6.07, 6.45) is 15.7. The van der Waals surface area contributed by atoms with E-state index >= 15 is 0 Å². The molecule has 0 atom stereocenters. The van der Waals surface area contributed by atoms with Crippen LogP contribution in [0.3, 0.4) is 0 Å². The van der Waals surface area contributed by atoms with E-state index in [0.29, 0.717) is 23.0 Å². The van der Waals surface area contributed by atoms with E-state index in [-0.39, 0.29) is 0 Å². The molecule has 5 rings (SSSR count). The summed E-state index contributed by atoms with van der Waals surface area (Å²) in [5.74, 6) is 0. The molecule has 39 heavy (non-hydrogen) atoms. The molecule has 1 N–H and O–H groups in total. The average molecular weight is 545 g/mol. The molecule has 0 unspecified atom stereocenters. The van der Waals surface area contributed by atoms with Crippen LogP contribution < -0.4 is 5.32 Å². The van der Waals surface area contributed by atoms with E-state index in [0.717, 1.165) is 37.0 Å². The van der Waals surface area contributed by atoms with Crippen molar-refractivity contribution < 1.29 is 8.42 Å². The lowest BCUT2D eigenvalue weighted by Crippen LogP contribution is -2.31. The Morgan fingerprint density at radius 2 is 1.59 bits per heavy atom. The highest BCUT2D eigenvalue weighted by Crippen LogP contribution is 2.27. The van der Waals surface area contributed by atoms with Crippen LogP contribution in [0, 0.1) is 0 Å².